The lowest BCUT2D eigenvalue weighted by atomic mass is 10.1. The molecule has 0 saturated heterocycles. The summed E-state index contributed by atoms with van der Waals surface area (Å²) in [5.41, 5.74) is 1.27. The van der Waals surface area contributed by atoms with Gasteiger partial charge in [0.2, 0.25) is 6.10 Å². The Labute approximate surface area is 234 Å². The summed E-state index contributed by atoms with van der Waals surface area (Å²) in [5.74, 6) is -1.60. The van der Waals surface area contributed by atoms with Crippen LogP contribution < -0.4 is 20.1 Å². The van der Waals surface area contributed by atoms with E-state index in [4.69, 9.17) is 14.2 Å². The zero-order valence-electron chi connectivity index (χ0n) is 21.9. The monoisotopic (exact) mass is 558 g/mol. The van der Waals surface area contributed by atoms with E-state index in [-0.39, 0.29) is 28.5 Å². The molecule has 0 saturated carbocycles. The van der Waals surface area contributed by atoms with Crippen LogP contribution in [0, 0.1) is 0 Å². The number of nitrogens with one attached hydrogen (secondary N) is 2. The highest BCUT2D eigenvalue weighted by Gasteiger charge is 2.28. The molecule has 0 bridgehead atoms. The van der Waals surface area contributed by atoms with Gasteiger partial charge in [-0.1, -0.05) is 48.5 Å². The van der Waals surface area contributed by atoms with Crippen molar-refractivity contribution in [3.05, 3.63) is 106 Å². The van der Waals surface area contributed by atoms with Gasteiger partial charge < -0.3 is 24.8 Å². The van der Waals surface area contributed by atoms with Crippen molar-refractivity contribution in [3.63, 3.8) is 0 Å². The summed E-state index contributed by atoms with van der Waals surface area (Å²) in [5, 5.41) is 7.20. The molecule has 1 unspecified atom stereocenters. The molecule has 1 heterocycles. The molecular formula is C30H26N2O7S. The minimum Gasteiger partial charge on any atom is -0.493 e. The smallest absolute Gasteiger partial charge is 0.341 e. The number of carbonyl (C=O) groups excluding carboxylic acids is 4. The highest BCUT2D eigenvalue weighted by molar-refractivity contribution is 7.12. The molecule has 0 aliphatic heterocycles. The Morgan fingerprint density at radius 1 is 0.800 bits per heavy atom. The van der Waals surface area contributed by atoms with E-state index in [1.54, 1.807) is 66.0 Å². The van der Waals surface area contributed by atoms with Crippen molar-refractivity contribution in [3.8, 4) is 11.5 Å². The summed E-state index contributed by atoms with van der Waals surface area (Å²) in [4.78, 5) is 52.1. The first-order valence-corrected chi connectivity index (χ1v) is 13.0. The van der Waals surface area contributed by atoms with Crippen molar-refractivity contribution in [2.45, 2.75) is 13.0 Å². The maximum atomic E-state index is 13.6. The summed E-state index contributed by atoms with van der Waals surface area (Å²) in [6.45, 7) is 1.42. The number of benzene rings is 3. The molecule has 204 valence electrons. The van der Waals surface area contributed by atoms with Crippen LogP contribution in [0.5, 0.6) is 11.5 Å². The number of ether oxygens (including phenoxy) is 3. The summed E-state index contributed by atoms with van der Waals surface area (Å²) in [6, 6.07) is 21.1. The molecule has 9 nitrogen and oxygen atoms in total. The van der Waals surface area contributed by atoms with Crippen LogP contribution in [0.25, 0.3) is 0 Å². The topological polar surface area (TPSA) is 120 Å². The van der Waals surface area contributed by atoms with Crippen LogP contribution in [-0.2, 0) is 9.53 Å². The third-order valence-electron chi connectivity index (χ3n) is 5.84. The highest BCUT2D eigenvalue weighted by Crippen LogP contribution is 2.35. The number of thiophene rings is 1. The van der Waals surface area contributed by atoms with E-state index in [2.05, 4.69) is 10.6 Å². The fraction of sp³-hybridized carbons (Fsp3) is 0.133. The van der Waals surface area contributed by atoms with E-state index in [1.165, 1.54) is 50.7 Å². The Morgan fingerprint density at radius 3 is 2.17 bits per heavy atom. The predicted molar refractivity (Wildman–Crippen MR) is 151 cm³/mol. The van der Waals surface area contributed by atoms with E-state index < -0.39 is 23.9 Å². The Morgan fingerprint density at radius 2 is 1.52 bits per heavy atom. The Kier molecular flexibility index (Phi) is 8.93. The molecule has 0 fully saturated rings. The van der Waals surface area contributed by atoms with Crippen LogP contribution >= 0.6 is 11.3 Å². The molecule has 2 amide bonds. The quantitative estimate of drug-likeness (QED) is 0.188. The normalized spacial score (nSPS) is 11.2. The lowest BCUT2D eigenvalue weighted by molar-refractivity contribution is -0.125. The lowest BCUT2D eigenvalue weighted by Crippen LogP contribution is -2.26. The minimum absolute atomic E-state index is 0.0464. The van der Waals surface area contributed by atoms with E-state index in [0.29, 0.717) is 21.7 Å². The van der Waals surface area contributed by atoms with Gasteiger partial charge in [-0.15, -0.1) is 11.3 Å². The maximum Gasteiger partial charge on any atom is 0.341 e. The average Bonchev–Trinajstić information content (AvgIpc) is 3.51. The van der Waals surface area contributed by atoms with Crippen molar-refractivity contribution < 1.29 is 33.4 Å². The van der Waals surface area contributed by atoms with E-state index in [0.717, 1.165) is 0 Å². The minimum atomic E-state index is -1.36. The molecule has 40 heavy (non-hydrogen) atoms. The number of amides is 2. The summed E-state index contributed by atoms with van der Waals surface area (Å²) in [7, 11) is 2.84. The van der Waals surface area contributed by atoms with Gasteiger partial charge in [-0.3, -0.25) is 14.4 Å². The van der Waals surface area contributed by atoms with Gasteiger partial charge in [0.05, 0.1) is 30.3 Å². The van der Waals surface area contributed by atoms with Gasteiger partial charge in [0.1, 0.15) is 0 Å². The Bertz CT molecular complexity index is 1540. The molecule has 0 radical (unpaired) electrons. The van der Waals surface area contributed by atoms with E-state index in [1.807, 2.05) is 0 Å². The zero-order chi connectivity index (χ0) is 28.6. The second kappa shape index (κ2) is 12.7. The van der Waals surface area contributed by atoms with Crippen LogP contribution in [0.4, 0.5) is 11.4 Å². The number of methoxy groups -OCH3 is 2. The molecule has 0 aliphatic rings. The molecule has 4 aromatic rings. The van der Waals surface area contributed by atoms with E-state index in [9.17, 15) is 19.2 Å². The molecule has 0 spiro atoms. The van der Waals surface area contributed by atoms with Crippen LogP contribution in [0.1, 0.15) is 49.0 Å². The first-order valence-electron chi connectivity index (χ1n) is 12.1. The number of esters is 1. The Hall–Kier alpha value is -4.96. The van der Waals surface area contributed by atoms with E-state index >= 15 is 0 Å². The molecule has 1 aromatic heterocycles. The summed E-state index contributed by atoms with van der Waals surface area (Å²) < 4.78 is 16.5. The Balaban J connectivity index is 1.68. The van der Waals surface area contributed by atoms with Crippen LogP contribution in [0.3, 0.4) is 0 Å². The first kappa shape index (κ1) is 28.1. The van der Waals surface area contributed by atoms with Crippen LogP contribution in [0.15, 0.2) is 84.2 Å². The summed E-state index contributed by atoms with van der Waals surface area (Å²) in [6.07, 6.45) is -1.36. The van der Waals surface area contributed by atoms with Crippen molar-refractivity contribution in [1.82, 2.24) is 0 Å². The van der Waals surface area contributed by atoms with Gasteiger partial charge in [0, 0.05) is 28.9 Å². The second-order valence-corrected chi connectivity index (χ2v) is 9.45. The fourth-order valence-electron chi connectivity index (χ4n) is 3.84. The molecule has 2 N–H and O–H groups in total. The SMILES string of the molecule is COc1cc(NC(=O)c2cccs2)c(C(=O)OC(C(=O)Nc2cccc(C(C)=O)c2)c2ccccc2)cc1OC. The van der Waals surface area contributed by atoms with Crippen molar-refractivity contribution >= 4 is 46.3 Å². The molecule has 0 aliphatic carbocycles. The second-order valence-electron chi connectivity index (χ2n) is 8.51. The average molecular weight is 559 g/mol. The fourth-order valence-corrected chi connectivity index (χ4v) is 4.46. The number of ketones is 1. The van der Waals surface area contributed by atoms with Gasteiger partial charge >= 0.3 is 5.97 Å². The number of anilines is 2. The van der Waals surface area contributed by atoms with Crippen molar-refractivity contribution in [2.24, 2.45) is 0 Å². The van der Waals surface area contributed by atoms with Gasteiger partial charge in [-0.05, 0) is 30.5 Å². The maximum absolute atomic E-state index is 13.6. The molecule has 3 aromatic carbocycles. The zero-order valence-corrected chi connectivity index (χ0v) is 22.7. The van der Waals surface area contributed by atoms with Crippen molar-refractivity contribution in [1.29, 1.82) is 0 Å². The summed E-state index contributed by atoms with van der Waals surface area (Å²) >= 11 is 1.24. The third-order valence-corrected chi connectivity index (χ3v) is 6.71. The number of hydrogen-bond donors (Lipinski definition) is 2. The molecule has 10 heteroatoms. The van der Waals surface area contributed by atoms with Gasteiger partial charge in [-0.25, -0.2) is 4.79 Å². The van der Waals surface area contributed by atoms with Crippen LogP contribution in [-0.4, -0.2) is 37.8 Å². The number of carbonyl (C=O) groups is 4. The van der Waals surface area contributed by atoms with Crippen LogP contribution in [0.2, 0.25) is 0 Å². The number of hydrogen-bond acceptors (Lipinski definition) is 8. The standard InChI is InChI=1S/C30H26N2O7S/c1-18(33)20-11-7-12-21(15-20)31-29(35)27(19-9-5-4-6-10-19)39-30(36)22-16-24(37-2)25(38-3)17-23(22)32-28(34)26-13-8-14-40-26/h4-17,27H,1-3H3,(H,31,35)(H,32,34). The highest BCUT2D eigenvalue weighted by atomic mass is 32.1. The largest absolute Gasteiger partial charge is 0.493 e. The molecule has 1 atom stereocenters. The number of rotatable bonds is 10. The van der Waals surface area contributed by atoms with Gasteiger partial charge in [-0.2, -0.15) is 0 Å². The molecule has 4 rings (SSSR count). The lowest BCUT2D eigenvalue weighted by Gasteiger charge is -2.20. The van der Waals surface area contributed by atoms with Gasteiger partial charge in [0.15, 0.2) is 17.3 Å². The predicted octanol–water partition coefficient (Wildman–Crippen LogP) is 5.76. The number of Topliss-reactive ketones (excluding diaryl/α,β-unsaturated/α-hetero) is 1. The van der Waals surface area contributed by atoms with Gasteiger partial charge in [0.25, 0.3) is 11.8 Å². The third kappa shape index (κ3) is 6.54. The van der Waals surface area contributed by atoms with Crippen molar-refractivity contribution in [2.75, 3.05) is 24.9 Å². The first-order chi connectivity index (χ1) is 19.3. The molecular weight excluding hydrogens is 532 g/mol.